The Morgan fingerprint density at radius 3 is 2.68 bits per heavy atom. The van der Waals surface area contributed by atoms with Crippen molar-refractivity contribution in [3.05, 3.63) is 0 Å². The van der Waals surface area contributed by atoms with Crippen molar-refractivity contribution in [1.29, 1.82) is 0 Å². The lowest BCUT2D eigenvalue weighted by Crippen LogP contribution is -2.50. The molecule has 2 aliphatic rings. The molecule has 2 rings (SSSR count). The SMILES string of the molecule is CN1CCN2C(=O)N(CC(C)(C)CC(=O)O)C[C@@H]2C1. The second-order valence-electron chi connectivity index (χ2n) is 6.51. The molecule has 0 aromatic rings. The van der Waals surface area contributed by atoms with Crippen molar-refractivity contribution in [2.75, 3.05) is 39.8 Å². The molecule has 0 aliphatic carbocycles. The van der Waals surface area contributed by atoms with Crippen LogP contribution in [0.15, 0.2) is 0 Å². The first-order valence-corrected chi connectivity index (χ1v) is 6.74. The van der Waals surface area contributed by atoms with E-state index in [0.717, 1.165) is 19.6 Å². The lowest BCUT2D eigenvalue weighted by molar-refractivity contribution is -0.139. The molecule has 0 radical (unpaired) electrons. The molecule has 6 heteroatoms. The molecule has 0 bridgehead atoms. The van der Waals surface area contributed by atoms with Gasteiger partial charge in [0.25, 0.3) is 0 Å². The molecule has 1 N–H and O–H groups in total. The van der Waals surface area contributed by atoms with E-state index in [4.69, 9.17) is 5.11 Å². The van der Waals surface area contributed by atoms with Crippen LogP contribution in [0, 0.1) is 5.41 Å². The first-order chi connectivity index (χ1) is 8.78. The predicted octanol–water partition coefficient (Wildman–Crippen LogP) is 0.539. The van der Waals surface area contributed by atoms with Crippen LogP contribution in [0.4, 0.5) is 4.79 Å². The van der Waals surface area contributed by atoms with E-state index in [0.29, 0.717) is 13.1 Å². The third-order valence-electron chi connectivity index (χ3n) is 3.88. The van der Waals surface area contributed by atoms with E-state index in [9.17, 15) is 9.59 Å². The van der Waals surface area contributed by atoms with E-state index in [1.807, 2.05) is 23.6 Å². The highest BCUT2D eigenvalue weighted by Gasteiger charge is 2.41. The molecule has 6 nitrogen and oxygen atoms in total. The summed E-state index contributed by atoms with van der Waals surface area (Å²) in [5.74, 6) is -0.811. The summed E-state index contributed by atoms with van der Waals surface area (Å²) in [6.45, 7) is 7.61. The van der Waals surface area contributed by atoms with Gasteiger partial charge in [0, 0.05) is 32.7 Å². The quantitative estimate of drug-likeness (QED) is 0.809. The van der Waals surface area contributed by atoms with E-state index >= 15 is 0 Å². The van der Waals surface area contributed by atoms with Gasteiger partial charge in [-0.25, -0.2) is 4.79 Å². The smallest absolute Gasteiger partial charge is 0.320 e. The van der Waals surface area contributed by atoms with Crippen LogP contribution >= 0.6 is 0 Å². The summed E-state index contributed by atoms with van der Waals surface area (Å²) in [4.78, 5) is 29.1. The van der Waals surface area contributed by atoms with Gasteiger partial charge in [0.15, 0.2) is 0 Å². The van der Waals surface area contributed by atoms with E-state index < -0.39 is 5.97 Å². The molecule has 0 unspecified atom stereocenters. The third kappa shape index (κ3) is 3.18. The summed E-state index contributed by atoms with van der Waals surface area (Å²) in [6.07, 6.45) is 0.0847. The molecule has 19 heavy (non-hydrogen) atoms. The summed E-state index contributed by atoms with van der Waals surface area (Å²) >= 11 is 0. The molecule has 0 aromatic carbocycles. The van der Waals surface area contributed by atoms with Crippen molar-refractivity contribution >= 4 is 12.0 Å². The normalized spacial score (nSPS) is 24.8. The van der Waals surface area contributed by atoms with E-state index in [2.05, 4.69) is 11.9 Å². The largest absolute Gasteiger partial charge is 0.481 e. The fraction of sp³-hybridized carbons (Fsp3) is 0.846. The van der Waals surface area contributed by atoms with Crippen molar-refractivity contribution in [2.24, 2.45) is 5.41 Å². The number of hydrogen-bond donors (Lipinski definition) is 1. The van der Waals surface area contributed by atoms with Gasteiger partial charge >= 0.3 is 12.0 Å². The van der Waals surface area contributed by atoms with Crippen LogP contribution < -0.4 is 0 Å². The predicted molar refractivity (Wildman–Crippen MR) is 71.0 cm³/mol. The van der Waals surface area contributed by atoms with E-state index in [-0.39, 0.29) is 23.9 Å². The number of hydrogen-bond acceptors (Lipinski definition) is 3. The van der Waals surface area contributed by atoms with Gasteiger partial charge in [-0.15, -0.1) is 0 Å². The minimum atomic E-state index is -0.811. The van der Waals surface area contributed by atoms with E-state index in [1.54, 1.807) is 0 Å². The minimum absolute atomic E-state index is 0.0663. The fourth-order valence-electron chi connectivity index (χ4n) is 3.05. The third-order valence-corrected chi connectivity index (χ3v) is 3.88. The van der Waals surface area contributed by atoms with Crippen LogP contribution in [-0.2, 0) is 4.79 Å². The number of piperazine rings is 1. The molecule has 2 aliphatic heterocycles. The average Bonchev–Trinajstić information content (AvgIpc) is 2.52. The molecule has 2 heterocycles. The summed E-state index contributed by atoms with van der Waals surface area (Å²) in [6, 6.07) is 0.323. The standard InChI is InChI=1S/C13H23N3O3/c1-13(2,6-11(17)18)9-15-8-10-7-14(3)4-5-16(10)12(15)19/h10H,4-9H2,1-3H3,(H,17,18)/t10-/m0/s1. The van der Waals surface area contributed by atoms with Gasteiger partial charge < -0.3 is 19.8 Å². The molecule has 0 aromatic heterocycles. The van der Waals surface area contributed by atoms with Crippen LogP contribution in [0.3, 0.4) is 0 Å². The lowest BCUT2D eigenvalue weighted by atomic mass is 9.89. The molecule has 0 saturated carbocycles. The molecule has 2 amide bonds. The molecule has 108 valence electrons. The molecular weight excluding hydrogens is 246 g/mol. The fourth-order valence-corrected chi connectivity index (χ4v) is 3.05. The van der Waals surface area contributed by atoms with Gasteiger partial charge in [-0.05, 0) is 12.5 Å². The van der Waals surface area contributed by atoms with E-state index in [1.165, 1.54) is 0 Å². The molecular formula is C13H23N3O3. The van der Waals surface area contributed by atoms with Gasteiger partial charge in [-0.1, -0.05) is 13.8 Å². The van der Waals surface area contributed by atoms with Crippen LogP contribution in [0.2, 0.25) is 0 Å². The van der Waals surface area contributed by atoms with Crippen molar-refractivity contribution in [2.45, 2.75) is 26.3 Å². The topological polar surface area (TPSA) is 64.1 Å². The Kier molecular flexibility index (Phi) is 3.71. The number of carbonyl (C=O) groups excluding carboxylic acids is 1. The summed E-state index contributed by atoms with van der Waals surface area (Å²) in [5.41, 5.74) is -0.387. The van der Waals surface area contributed by atoms with Crippen LogP contribution in [0.5, 0.6) is 0 Å². The number of nitrogens with zero attached hydrogens (tertiary/aromatic N) is 3. The van der Waals surface area contributed by atoms with Gasteiger partial charge in [-0.2, -0.15) is 0 Å². The monoisotopic (exact) mass is 269 g/mol. The minimum Gasteiger partial charge on any atom is -0.481 e. The van der Waals surface area contributed by atoms with Crippen molar-refractivity contribution in [3.8, 4) is 0 Å². The number of likely N-dealkylation sites (N-methyl/N-ethyl adjacent to an activating group) is 1. The van der Waals surface area contributed by atoms with Crippen LogP contribution in [0.25, 0.3) is 0 Å². The second-order valence-corrected chi connectivity index (χ2v) is 6.51. The molecule has 0 spiro atoms. The number of carbonyl (C=O) groups is 2. The zero-order chi connectivity index (χ0) is 14.2. The first kappa shape index (κ1) is 14.1. The van der Waals surface area contributed by atoms with Gasteiger partial charge in [0.05, 0.1) is 12.5 Å². The zero-order valence-corrected chi connectivity index (χ0v) is 11.9. The molecule has 2 fully saturated rings. The molecule has 1 atom stereocenters. The zero-order valence-electron chi connectivity index (χ0n) is 11.9. The highest BCUT2D eigenvalue weighted by Crippen LogP contribution is 2.27. The second kappa shape index (κ2) is 5.00. The number of rotatable bonds is 4. The van der Waals surface area contributed by atoms with Crippen molar-refractivity contribution < 1.29 is 14.7 Å². The van der Waals surface area contributed by atoms with Gasteiger partial charge in [-0.3, -0.25) is 4.79 Å². The molecule has 2 saturated heterocycles. The Bertz CT molecular complexity index is 383. The summed E-state index contributed by atoms with van der Waals surface area (Å²) < 4.78 is 0. The number of carboxylic acid groups (broad SMARTS) is 1. The van der Waals surface area contributed by atoms with Crippen molar-refractivity contribution in [1.82, 2.24) is 14.7 Å². The lowest BCUT2D eigenvalue weighted by Gasteiger charge is -2.34. The highest BCUT2D eigenvalue weighted by atomic mass is 16.4. The number of carboxylic acids is 1. The van der Waals surface area contributed by atoms with Crippen molar-refractivity contribution in [3.63, 3.8) is 0 Å². The number of fused-ring (bicyclic) bond motifs is 1. The number of aliphatic carboxylic acids is 1. The van der Waals surface area contributed by atoms with Gasteiger partial charge in [0.2, 0.25) is 0 Å². The Balaban J connectivity index is 1.99. The average molecular weight is 269 g/mol. The number of amides is 2. The Morgan fingerprint density at radius 2 is 2.05 bits per heavy atom. The Morgan fingerprint density at radius 1 is 1.37 bits per heavy atom. The highest BCUT2D eigenvalue weighted by molar-refractivity contribution is 5.77. The summed E-state index contributed by atoms with van der Waals surface area (Å²) in [7, 11) is 2.07. The maximum Gasteiger partial charge on any atom is 0.320 e. The van der Waals surface area contributed by atoms with Crippen LogP contribution in [0.1, 0.15) is 20.3 Å². The first-order valence-electron chi connectivity index (χ1n) is 6.74. The summed E-state index contributed by atoms with van der Waals surface area (Å²) in [5, 5.41) is 8.91. The number of urea groups is 1. The maximum absolute atomic E-state index is 12.3. The van der Waals surface area contributed by atoms with Crippen LogP contribution in [-0.4, -0.2) is 77.6 Å². The van der Waals surface area contributed by atoms with Gasteiger partial charge in [0.1, 0.15) is 0 Å². The maximum atomic E-state index is 12.3. The Hall–Kier alpha value is -1.30. The Labute approximate surface area is 114 Å².